The Hall–Kier alpha value is -3.47. The van der Waals surface area contributed by atoms with Crippen molar-refractivity contribution in [2.24, 2.45) is 0 Å². The maximum absolute atomic E-state index is 12.4. The lowest BCUT2D eigenvalue weighted by Crippen LogP contribution is -2.19. The van der Waals surface area contributed by atoms with Gasteiger partial charge in [-0.1, -0.05) is 18.2 Å². The smallest absolute Gasteiger partial charge is 0.224 e. The average molecular weight is 343 g/mol. The Kier molecular flexibility index (Phi) is 4.19. The van der Waals surface area contributed by atoms with Gasteiger partial charge in [-0.3, -0.25) is 9.59 Å². The highest BCUT2D eigenvalue weighted by atomic mass is 16.1. The second-order valence-corrected chi connectivity index (χ2v) is 6.17. The molecule has 0 spiro atoms. The number of carbonyl (C=O) groups is 2. The molecule has 26 heavy (non-hydrogen) atoms. The van der Waals surface area contributed by atoms with E-state index in [1.807, 2.05) is 42.6 Å². The van der Waals surface area contributed by atoms with Crippen molar-refractivity contribution in [3.05, 3.63) is 83.7 Å². The van der Waals surface area contributed by atoms with Crippen LogP contribution in [0.4, 0.5) is 5.69 Å². The molecule has 0 fully saturated rings. The van der Waals surface area contributed by atoms with E-state index in [0.717, 1.165) is 22.5 Å². The quantitative estimate of drug-likeness (QED) is 0.581. The SMILES string of the molecule is O=C1CCc2cc(C(=O)C=Cc3cnn(-c4ccccc4)c3)ccc2N1. The molecule has 2 aromatic carbocycles. The van der Waals surface area contributed by atoms with Crippen molar-refractivity contribution in [3.63, 3.8) is 0 Å². The number of hydrogen-bond acceptors (Lipinski definition) is 3. The summed E-state index contributed by atoms with van der Waals surface area (Å²) >= 11 is 0. The van der Waals surface area contributed by atoms with Crippen LogP contribution in [0.25, 0.3) is 11.8 Å². The zero-order valence-corrected chi connectivity index (χ0v) is 14.1. The highest BCUT2D eigenvalue weighted by Gasteiger charge is 2.15. The predicted molar refractivity (Wildman–Crippen MR) is 100 cm³/mol. The monoisotopic (exact) mass is 343 g/mol. The molecule has 4 rings (SSSR count). The Morgan fingerprint density at radius 1 is 1.12 bits per heavy atom. The third-order valence-corrected chi connectivity index (χ3v) is 4.34. The molecule has 0 aliphatic carbocycles. The number of anilines is 1. The van der Waals surface area contributed by atoms with Crippen molar-refractivity contribution in [2.45, 2.75) is 12.8 Å². The third-order valence-electron chi connectivity index (χ3n) is 4.34. The van der Waals surface area contributed by atoms with Crippen LogP contribution in [0.5, 0.6) is 0 Å². The van der Waals surface area contributed by atoms with Crippen LogP contribution in [-0.2, 0) is 11.2 Å². The summed E-state index contributed by atoms with van der Waals surface area (Å²) in [6.45, 7) is 0. The van der Waals surface area contributed by atoms with Crippen molar-refractivity contribution in [3.8, 4) is 5.69 Å². The van der Waals surface area contributed by atoms with Gasteiger partial charge in [0.25, 0.3) is 0 Å². The first-order valence-electron chi connectivity index (χ1n) is 8.44. The van der Waals surface area contributed by atoms with Crippen LogP contribution < -0.4 is 5.32 Å². The fourth-order valence-electron chi connectivity index (χ4n) is 2.95. The summed E-state index contributed by atoms with van der Waals surface area (Å²) in [5, 5.41) is 7.14. The zero-order chi connectivity index (χ0) is 17.9. The molecule has 5 heteroatoms. The normalized spacial score (nSPS) is 13.5. The molecule has 1 amide bonds. The summed E-state index contributed by atoms with van der Waals surface area (Å²) < 4.78 is 1.77. The van der Waals surface area contributed by atoms with E-state index in [9.17, 15) is 9.59 Å². The fraction of sp³-hybridized carbons (Fsp3) is 0.0952. The molecule has 128 valence electrons. The molecule has 0 unspecified atom stereocenters. The number of amides is 1. The molecule has 0 saturated heterocycles. The highest BCUT2D eigenvalue weighted by molar-refractivity contribution is 6.07. The van der Waals surface area contributed by atoms with Crippen LogP contribution >= 0.6 is 0 Å². The van der Waals surface area contributed by atoms with Gasteiger partial charge in [0, 0.05) is 29.4 Å². The Labute approximate surface area is 151 Å². The number of carbonyl (C=O) groups excluding carboxylic acids is 2. The fourth-order valence-corrected chi connectivity index (χ4v) is 2.95. The Bertz CT molecular complexity index is 1000. The Morgan fingerprint density at radius 2 is 1.96 bits per heavy atom. The summed E-state index contributed by atoms with van der Waals surface area (Å²) in [5.41, 5.74) is 4.24. The maximum Gasteiger partial charge on any atom is 0.224 e. The first kappa shape index (κ1) is 16.0. The van der Waals surface area contributed by atoms with Gasteiger partial charge < -0.3 is 5.32 Å². The van der Waals surface area contributed by atoms with Gasteiger partial charge in [0.15, 0.2) is 5.78 Å². The van der Waals surface area contributed by atoms with Crippen molar-refractivity contribution in [1.82, 2.24) is 9.78 Å². The summed E-state index contributed by atoms with van der Waals surface area (Å²) in [4.78, 5) is 23.9. The van der Waals surface area contributed by atoms with Crippen molar-refractivity contribution in [1.29, 1.82) is 0 Å². The summed E-state index contributed by atoms with van der Waals surface area (Å²) in [5.74, 6) is -0.0518. The number of para-hydroxylation sites is 1. The van der Waals surface area contributed by atoms with Gasteiger partial charge in [0.1, 0.15) is 0 Å². The lowest BCUT2D eigenvalue weighted by molar-refractivity contribution is -0.116. The minimum absolute atomic E-state index is 0.0203. The van der Waals surface area contributed by atoms with Crippen LogP contribution in [0.15, 0.2) is 67.0 Å². The van der Waals surface area contributed by atoms with Crippen molar-refractivity contribution >= 4 is 23.5 Å². The lowest BCUT2D eigenvalue weighted by Gasteiger charge is -2.16. The molecule has 3 aromatic rings. The maximum atomic E-state index is 12.4. The number of fused-ring (bicyclic) bond motifs is 1. The number of benzene rings is 2. The Morgan fingerprint density at radius 3 is 2.81 bits per heavy atom. The van der Waals surface area contributed by atoms with Crippen molar-refractivity contribution < 1.29 is 9.59 Å². The number of ketones is 1. The van der Waals surface area contributed by atoms with E-state index in [0.29, 0.717) is 18.4 Å². The van der Waals surface area contributed by atoms with Gasteiger partial charge in [0.05, 0.1) is 11.9 Å². The number of aromatic nitrogens is 2. The van der Waals surface area contributed by atoms with E-state index in [1.165, 1.54) is 0 Å². The molecular weight excluding hydrogens is 326 g/mol. The lowest BCUT2D eigenvalue weighted by atomic mass is 9.98. The van der Waals surface area contributed by atoms with Crippen LogP contribution in [0.1, 0.15) is 27.9 Å². The summed E-state index contributed by atoms with van der Waals surface area (Å²) in [6.07, 6.45) is 8.03. The molecule has 2 heterocycles. The topological polar surface area (TPSA) is 64.0 Å². The van der Waals surface area contributed by atoms with E-state index < -0.39 is 0 Å². The van der Waals surface area contributed by atoms with Gasteiger partial charge in [0.2, 0.25) is 5.91 Å². The third kappa shape index (κ3) is 3.32. The molecule has 1 aliphatic rings. The molecule has 0 bridgehead atoms. The zero-order valence-electron chi connectivity index (χ0n) is 14.1. The number of nitrogens with zero attached hydrogens (tertiary/aromatic N) is 2. The molecule has 1 aliphatic heterocycles. The second-order valence-electron chi connectivity index (χ2n) is 6.17. The number of nitrogens with one attached hydrogen (secondary N) is 1. The van der Waals surface area contributed by atoms with Gasteiger partial charge >= 0.3 is 0 Å². The molecular formula is C21H17N3O2. The molecule has 5 nitrogen and oxygen atoms in total. The molecule has 0 atom stereocenters. The van der Waals surface area contributed by atoms with Gasteiger partial charge in [-0.05, 0) is 54.5 Å². The van der Waals surface area contributed by atoms with Crippen molar-refractivity contribution in [2.75, 3.05) is 5.32 Å². The van der Waals surface area contributed by atoms with E-state index in [-0.39, 0.29) is 11.7 Å². The number of aryl methyl sites for hydroxylation is 1. The number of rotatable bonds is 4. The first-order valence-corrected chi connectivity index (χ1v) is 8.44. The minimum atomic E-state index is -0.0721. The number of hydrogen-bond donors (Lipinski definition) is 1. The first-order chi connectivity index (χ1) is 12.7. The number of allylic oxidation sites excluding steroid dienone is 1. The van der Waals surface area contributed by atoms with Gasteiger partial charge in [-0.15, -0.1) is 0 Å². The van der Waals surface area contributed by atoms with Crippen LogP contribution in [0.2, 0.25) is 0 Å². The molecule has 0 saturated carbocycles. The Balaban J connectivity index is 1.50. The predicted octanol–water partition coefficient (Wildman–Crippen LogP) is 3.65. The van der Waals surface area contributed by atoms with Crippen LogP contribution in [-0.4, -0.2) is 21.5 Å². The highest BCUT2D eigenvalue weighted by Crippen LogP contribution is 2.24. The van der Waals surface area contributed by atoms with Gasteiger partial charge in [-0.2, -0.15) is 5.10 Å². The second kappa shape index (κ2) is 6.80. The largest absolute Gasteiger partial charge is 0.326 e. The average Bonchev–Trinajstić information content (AvgIpc) is 3.15. The standard InChI is InChI=1S/C21H17N3O2/c25-20(17-7-9-19-16(12-17)8-11-21(26)23-19)10-6-15-13-22-24(14-15)18-4-2-1-3-5-18/h1-7,9-10,12-14H,8,11H2,(H,23,26). The minimum Gasteiger partial charge on any atom is -0.326 e. The van der Waals surface area contributed by atoms with Crippen LogP contribution in [0.3, 0.4) is 0 Å². The van der Waals surface area contributed by atoms with E-state index in [2.05, 4.69) is 10.4 Å². The van der Waals surface area contributed by atoms with E-state index in [4.69, 9.17) is 0 Å². The van der Waals surface area contributed by atoms with Gasteiger partial charge in [-0.25, -0.2) is 4.68 Å². The van der Waals surface area contributed by atoms with E-state index in [1.54, 1.807) is 35.2 Å². The summed E-state index contributed by atoms with van der Waals surface area (Å²) in [7, 11) is 0. The molecule has 0 radical (unpaired) electrons. The molecule has 1 aromatic heterocycles. The molecule has 1 N–H and O–H groups in total. The van der Waals surface area contributed by atoms with Crippen LogP contribution in [0, 0.1) is 0 Å². The van der Waals surface area contributed by atoms with E-state index >= 15 is 0 Å². The summed E-state index contributed by atoms with van der Waals surface area (Å²) in [6, 6.07) is 15.2.